The van der Waals surface area contributed by atoms with E-state index in [1.54, 1.807) is 25.8 Å². The van der Waals surface area contributed by atoms with Gasteiger partial charge in [-0.2, -0.15) is 5.10 Å². The van der Waals surface area contributed by atoms with Crippen molar-refractivity contribution in [1.82, 2.24) is 9.78 Å². The highest BCUT2D eigenvalue weighted by atomic mass is 16.3. The molecule has 0 radical (unpaired) electrons. The van der Waals surface area contributed by atoms with Crippen molar-refractivity contribution in [2.24, 2.45) is 7.05 Å². The van der Waals surface area contributed by atoms with E-state index >= 15 is 0 Å². The lowest BCUT2D eigenvalue weighted by molar-refractivity contribution is 0.179. The Morgan fingerprint density at radius 2 is 2.47 bits per heavy atom. The van der Waals surface area contributed by atoms with Gasteiger partial charge < -0.3 is 15.3 Å². The summed E-state index contributed by atoms with van der Waals surface area (Å²) in [5.74, 6) is 0.492. The maximum Gasteiger partial charge on any atom is 0.127 e. The quantitative estimate of drug-likeness (QED) is 0.783. The molecular weight excluding hydrogens is 194 g/mol. The number of nitrogens with two attached hydrogens (primary N) is 1. The Morgan fingerprint density at radius 1 is 1.67 bits per heavy atom. The van der Waals surface area contributed by atoms with Gasteiger partial charge >= 0.3 is 0 Å². The summed E-state index contributed by atoms with van der Waals surface area (Å²) in [4.78, 5) is 0. The van der Waals surface area contributed by atoms with Gasteiger partial charge in [0.25, 0.3) is 0 Å². The molecule has 5 nitrogen and oxygen atoms in total. The molecule has 0 aliphatic heterocycles. The fourth-order valence-electron chi connectivity index (χ4n) is 1.46. The number of hydrogen-bond donors (Lipinski definition) is 2. The van der Waals surface area contributed by atoms with Crippen LogP contribution in [0.2, 0.25) is 0 Å². The summed E-state index contributed by atoms with van der Waals surface area (Å²) in [6, 6.07) is 1.82. The lowest BCUT2D eigenvalue weighted by Gasteiger charge is -2.08. The van der Waals surface area contributed by atoms with Crippen LogP contribution in [0.1, 0.15) is 17.2 Å². The maximum absolute atomic E-state index is 9.91. The van der Waals surface area contributed by atoms with Crippen LogP contribution < -0.4 is 5.73 Å². The third-order valence-corrected chi connectivity index (χ3v) is 2.38. The van der Waals surface area contributed by atoms with Gasteiger partial charge in [0, 0.05) is 19.0 Å². The standard InChI is InChI=1S/C10H13N3O2/c1-13-10(11)8(5-12-13)9(14)4-7-2-3-15-6-7/h2-3,5-6,9,14H,4,11H2,1H3. The van der Waals surface area contributed by atoms with Crippen LogP contribution in [-0.4, -0.2) is 14.9 Å². The monoisotopic (exact) mass is 207 g/mol. The Hall–Kier alpha value is -1.75. The summed E-state index contributed by atoms with van der Waals surface area (Å²) in [6.07, 6.45) is 4.60. The molecule has 0 bridgehead atoms. The summed E-state index contributed by atoms with van der Waals surface area (Å²) >= 11 is 0. The molecule has 0 saturated heterocycles. The first-order chi connectivity index (χ1) is 7.18. The summed E-state index contributed by atoms with van der Waals surface area (Å²) in [5, 5.41) is 13.9. The molecule has 3 N–H and O–H groups in total. The van der Waals surface area contributed by atoms with Gasteiger partial charge in [0.1, 0.15) is 5.82 Å². The average molecular weight is 207 g/mol. The van der Waals surface area contributed by atoms with Crippen molar-refractivity contribution < 1.29 is 9.52 Å². The number of nitrogens with zero attached hydrogens (tertiary/aromatic N) is 2. The van der Waals surface area contributed by atoms with Crippen LogP contribution in [0.15, 0.2) is 29.2 Å². The number of hydrogen-bond acceptors (Lipinski definition) is 4. The number of aliphatic hydroxyl groups excluding tert-OH is 1. The SMILES string of the molecule is Cn1ncc(C(O)Cc2ccoc2)c1N. The fourth-order valence-corrected chi connectivity index (χ4v) is 1.46. The lowest BCUT2D eigenvalue weighted by atomic mass is 10.1. The fraction of sp³-hybridized carbons (Fsp3) is 0.300. The van der Waals surface area contributed by atoms with Crippen LogP contribution in [0.5, 0.6) is 0 Å². The maximum atomic E-state index is 9.91. The predicted molar refractivity (Wildman–Crippen MR) is 55.0 cm³/mol. The highest BCUT2D eigenvalue weighted by molar-refractivity contribution is 5.40. The number of aliphatic hydroxyl groups is 1. The van der Waals surface area contributed by atoms with Crippen molar-refractivity contribution in [3.8, 4) is 0 Å². The number of aromatic nitrogens is 2. The van der Waals surface area contributed by atoms with E-state index < -0.39 is 6.10 Å². The second kappa shape index (κ2) is 3.78. The van der Waals surface area contributed by atoms with Crippen LogP contribution >= 0.6 is 0 Å². The molecule has 0 aromatic carbocycles. The molecule has 2 aromatic heterocycles. The van der Waals surface area contributed by atoms with Gasteiger partial charge in [-0.1, -0.05) is 0 Å². The van der Waals surface area contributed by atoms with Crippen molar-refractivity contribution in [3.63, 3.8) is 0 Å². The number of nitrogen functional groups attached to an aromatic ring is 1. The van der Waals surface area contributed by atoms with Crippen LogP contribution in [0.25, 0.3) is 0 Å². The zero-order chi connectivity index (χ0) is 10.8. The average Bonchev–Trinajstić information content (AvgIpc) is 2.79. The number of anilines is 1. The largest absolute Gasteiger partial charge is 0.472 e. The molecule has 0 fully saturated rings. The first-order valence-corrected chi connectivity index (χ1v) is 4.65. The normalized spacial score (nSPS) is 12.9. The molecule has 15 heavy (non-hydrogen) atoms. The Labute approximate surface area is 87.1 Å². The molecule has 0 spiro atoms. The Morgan fingerprint density at radius 3 is 3.00 bits per heavy atom. The van der Waals surface area contributed by atoms with Gasteiger partial charge in [-0.15, -0.1) is 0 Å². The molecule has 2 heterocycles. The number of aryl methyl sites for hydroxylation is 1. The van der Waals surface area contributed by atoms with Crippen LogP contribution in [0.3, 0.4) is 0 Å². The number of rotatable bonds is 3. The summed E-state index contributed by atoms with van der Waals surface area (Å²) in [5.41, 5.74) is 7.34. The van der Waals surface area contributed by atoms with E-state index in [0.717, 1.165) is 5.56 Å². The number of furan rings is 1. The van der Waals surface area contributed by atoms with Crippen molar-refractivity contribution in [2.75, 3.05) is 5.73 Å². The van der Waals surface area contributed by atoms with E-state index in [1.165, 1.54) is 4.68 Å². The van der Waals surface area contributed by atoms with Crippen LogP contribution in [-0.2, 0) is 13.5 Å². The lowest BCUT2D eigenvalue weighted by Crippen LogP contribution is -2.05. The van der Waals surface area contributed by atoms with E-state index in [-0.39, 0.29) is 0 Å². The molecule has 0 amide bonds. The third-order valence-electron chi connectivity index (χ3n) is 2.38. The van der Waals surface area contributed by atoms with Gasteiger partial charge in [0.15, 0.2) is 0 Å². The summed E-state index contributed by atoms with van der Waals surface area (Å²) in [6.45, 7) is 0. The van der Waals surface area contributed by atoms with E-state index in [1.807, 2.05) is 6.07 Å². The van der Waals surface area contributed by atoms with Gasteiger partial charge in [0.2, 0.25) is 0 Å². The van der Waals surface area contributed by atoms with E-state index in [0.29, 0.717) is 17.8 Å². The molecule has 5 heteroatoms. The first-order valence-electron chi connectivity index (χ1n) is 4.65. The molecule has 2 aromatic rings. The molecule has 0 aliphatic rings. The summed E-state index contributed by atoms with van der Waals surface area (Å²) < 4.78 is 6.46. The molecule has 80 valence electrons. The van der Waals surface area contributed by atoms with Gasteiger partial charge in [0.05, 0.1) is 24.8 Å². The zero-order valence-electron chi connectivity index (χ0n) is 8.42. The first kappa shape index (κ1) is 9.79. The Balaban J connectivity index is 2.14. The van der Waals surface area contributed by atoms with Gasteiger partial charge in [-0.25, -0.2) is 0 Å². The molecule has 0 saturated carbocycles. The molecule has 0 aliphatic carbocycles. The summed E-state index contributed by atoms with van der Waals surface area (Å²) in [7, 11) is 1.74. The van der Waals surface area contributed by atoms with Crippen LogP contribution in [0, 0.1) is 0 Å². The van der Waals surface area contributed by atoms with Crippen molar-refractivity contribution >= 4 is 5.82 Å². The van der Waals surface area contributed by atoms with E-state index in [2.05, 4.69) is 5.10 Å². The zero-order valence-corrected chi connectivity index (χ0v) is 8.42. The highest BCUT2D eigenvalue weighted by Crippen LogP contribution is 2.22. The molecular formula is C10H13N3O2. The van der Waals surface area contributed by atoms with Gasteiger partial charge in [-0.3, -0.25) is 4.68 Å². The second-order valence-corrected chi connectivity index (χ2v) is 3.46. The third kappa shape index (κ3) is 1.87. The topological polar surface area (TPSA) is 77.2 Å². The van der Waals surface area contributed by atoms with Gasteiger partial charge in [-0.05, 0) is 11.6 Å². The minimum absolute atomic E-state index is 0.479. The Bertz CT molecular complexity index is 433. The minimum atomic E-state index is -0.642. The predicted octanol–water partition coefficient (Wildman–Crippen LogP) is 0.871. The molecule has 1 unspecified atom stereocenters. The van der Waals surface area contributed by atoms with Crippen LogP contribution in [0.4, 0.5) is 5.82 Å². The van der Waals surface area contributed by atoms with Crippen molar-refractivity contribution in [3.05, 3.63) is 35.9 Å². The molecule has 1 atom stereocenters. The van der Waals surface area contributed by atoms with Crippen molar-refractivity contribution in [2.45, 2.75) is 12.5 Å². The van der Waals surface area contributed by atoms with E-state index in [4.69, 9.17) is 10.2 Å². The Kier molecular flexibility index (Phi) is 2.47. The molecule has 2 rings (SSSR count). The van der Waals surface area contributed by atoms with E-state index in [9.17, 15) is 5.11 Å². The minimum Gasteiger partial charge on any atom is -0.472 e. The highest BCUT2D eigenvalue weighted by Gasteiger charge is 2.15. The second-order valence-electron chi connectivity index (χ2n) is 3.46. The van der Waals surface area contributed by atoms with Crippen molar-refractivity contribution in [1.29, 1.82) is 0 Å². The smallest absolute Gasteiger partial charge is 0.127 e.